The zero-order valence-electron chi connectivity index (χ0n) is 14.5. The molecule has 0 spiro atoms. The van der Waals surface area contributed by atoms with Crippen LogP contribution in [0.3, 0.4) is 0 Å². The molecule has 1 heterocycles. The van der Waals surface area contributed by atoms with E-state index in [9.17, 15) is 18.6 Å². The minimum Gasteiger partial charge on any atom is -0.883 e. The number of fused-ring (bicyclic) bond motifs is 1. The molecule has 1 aliphatic heterocycles. The van der Waals surface area contributed by atoms with Crippen LogP contribution in [0.25, 0.3) is 0 Å². The highest BCUT2D eigenvalue weighted by atomic mass is 32.2. The van der Waals surface area contributed by atoms with E-state index in [1.807, 2.05) is 20.8 Å². The van der Waals surface area contributed by atoms with E-state index in [0.29, 0.717) is 10.5 Å². The molecule has 0 atom stereocenters. The molecule has 0 aromatic heterocycles. The van der Waals surface area contributed by atoms with Crippen LogP contribution >= 0.6 is 11.8 Å². The summed E-state index contributed by atoms with van der Waals surface area (Å²) in [5.41, 5.74) is 1.29. The minimum absolute atomic E-state index is 0.0186. The summed E-state index contributed by atoms with van der Waals surface area (Å²) in [6.07, 6.45) is 0. The lowest BCUT2D eigenvalue weighted by Gasteiger charge is -2.21. The monoisotopic (exact) mass is 387 g/mol. The van der Waals surface area contributed by atoms with Crippen molar-refractivity contribution in [1.82, 2.24) is 0 Å². The van der Waals surface area contributed by atoms with Crippen LogP contribution in [-0.4, -0.2) is 14.1 Å². The first-order valence-corrected chi connectivity index (χ1v) is 10.2. The molecule has 0 N–H and O–H groups in total. The Morgan fingerprint density at radius 3 is 2.19 bits per heavy atom. The van der Waals surface area contributed by atoms with E-state index in [2.05, 4.69) is 4.40 Å². The Morgan fingerprint density at radius 2 is 1.62 bits per heavy atom. The maximum absolute atomic E-state index is 12.7. The predicted molar refractivity (Wildman–Crippen MR) is 98.2 cm³/mol. The van der Waals surface area contributed by atoms with Crippen molar-refractivity contribution in [3.63, 3.8) is 0 Å². The molecular weight excluding hydrogens is 370 g/mol. The summed E-state index contributed by atoms with van der Waals surface area (Å²) in [5.74, 6) is -1.44. The highest BCUT2D eigenvalue weighted by Crippen LogP contribution is 2.41. The van der Waals surface area contributed by atoms with Crippen LogP contribution in [0.15, 0.2) is 73.6 Å². The third-order valence-corrected chi connectivity index (χ3v) is 6.42. The van der Waals surface area contributed by atoms with Crippen molar-refractivity contribution in [1.29, 1.82) is 0 Å². The third kappa shape index (κ3) is 3.50. The summed E-state index contributed by atoms with van der Waals surface area (Å²) in [7, 11) is -4.05. The van der Waals surface area contributed by atoms with Crippen molar-refractivity contribution in [2.45, 2.75) is 36.0 Å². The lowest BCUT2D eigenvalue weighted by molar-refractivity contribution is -0.513. The maximum atomic E-state index is 12.7. The molecule has 136 valence electrons. The Balaban J connectivity index is 2.09. The first kappa shape index (κ1) is 18.5. The third-order valence-electron chi connectivity index (χ3n) is 3.98. The fourth-order valence-electron chi connectivity index (χ4n) is 2.56. The normalized spacial score (nSPS) is 16.0. The van der Waals surface area contributed by atoms with Gasteiger partial charge >= 0.3 is 0 Å². The van der Waals surface area contributed by atoms with Crippen molar-refractivity contribution in [2.24, 2.45) is 4.40 Å². The first-order valence-electron chi connectivity index (χ1n) is 7.91. The molecule has 7 heteroatoms. The second-order valence-electron chi connectivity index (χ2n) is 6.90. The molecule has 2 aromatic carbocycles. The van der Waals surface area contributed by atoms with Gasteiger partial charge in [-0.15, -0.1) is 0 Å². The van der Waals surface area contributed by atoms with E-state index in [1.54, 1.807) is 36.4 Å². The molecule has 0 saturated heterocycles. The number of hydrogen-bond donors (Lipinski definition) is 0. The Morgan fingerprint density at radius 1 is 1.00 bits per heavy atom. The summed E-state index contributed by atoms with van der Waals surface area (Å²) < 4.78 is 29.2. The molecule has 5 nitrogen and oxygen atoms in total. The standard InChI is InChI=1S/C19H19NO4S2/c1-19(2,3)12-8-10-13(11-9-12)26(23,24)20-16-14-6-4-5-7-15(14)25-17(16)18(21)22/h4-11,21-22H,1-3H3/p-2/b20-16+. The first-order chi connectivity index (χ1) is 12.1. The van der Waals surface area contributed by atoms with Crippen LogP contribution in [0, 0.1) is 0 Å². The Labute approximate surface area is 157 Å². The number of allylic oxidation sites excluding steroid dienone is 1. The van der Waals surface area contributed by atoms with Gasteiger partial charge in [-0.1, -0.05) is 62.9 Å². The van der Waals surface area contributed by atoms with Gasteiger partial charge in [-0.2, -0.15) is 18.8 Å². The van der Waals surface area contributed by atoms with Gasteiger partial charge in [-0.05, 0) is 29.2 Å². The van der Waals surface area contributed by atoms with Crippen molar-refractivity contribution >= 4 is 27.5 Å². The lowest BCUT2D eigenvalue weighted by atomic mass is 9.87. The zero-order chi connectivity index (χ0) is 19.1. The summed E-state index contributed by atoms with van der Waals surface area (Å²) >= 11 is 0.953. The number of rotatable bonds is 2. The molecular formula is C19H17NO4S2-2. The number of thioether (sulfide) groups is 1. The van der Waals surface area contributed by atoms with Crippen molar-refractivity contribution in [3.05, 3.63) is 70.5 Å². The minimum atomic E-state index is -4.05. The Bertz CT molecular complexity index is 1010. The molecule has 0 unspecified atom stereocenters. The molecule has 0 bridgehead atoms. The molecule has 0 amide bonds. The van der Waals surface area contributed by atoms with Crippen LogP contribution in [0.5, 0.6) is 0 Å². The van der Waals surface area contributed by atoms with Crippen molar-refractivity contribution in [2.75, 3.05) is 0 Å². The van der Waals surface area contributed by atoms with Crippen LogP contribution in [0.1, 0.15) is 31.9 Å². The lowest BCUT2D eigenvalue weighted by Crippen LogP contribution is -2.22. The van der Waals surface area contributed by atoms with Gasteiger partial charge < -0.3 is 10.2 Å². The molecule has 3 rings (SSSR count). The zero-order valence-corrected chi connectivity index (χ0v) is 16.1. The fraction of sp³-hybridized carbons (Fsp3) is 0.211. The van der Waals surface area contributed by atoms with Gasteiger partial charge in [0.15, 0.2) is 0 Å². The Kier molecular flexibility index (Phi) is 4.62. The van der Waals surface area contributed by atoms with Crippen LogP contribution in [-0.2, 0) is 15.4 Å². The maximum Gasteiger partial charge on any atom is 0.282 e. The van der Waals surface area contributed by atoms with Gasteiger partial charge in [-0.25, -0.2) is 0 Å². The van der Waals surface area contributed by atoms with Crippen LogP contribution in [0.2, 0.25) is 0 Å². The quantitative estimate of drug-likeness (QED) is 0.736. The van der Waals surface area contributed by atoms with Gasteiger partial charge in [0.2, 0.25) is 0 Å². The SMILES string of the molecule is CC(C)(C)c1ccc(S(=O)(=O)/N=C2/C(=C([O-])[O-])Sc3ccccc32)cc1. The smallest absolute Gasteiger partial charge is 0.282 e. The molecule has 0 radical (unpaired) electrons. The second kappa shape index (κ2) is 6.48. The molecule has 0 aliphatic carbocycles. The highest BCUT2D eigenvalue weighted by Gasteiger charge is 2.26. The molecule has 2 aromatic rings. The highest BCUT2D eigenvalue weighted by molar-refractivity contribution is 8.04. The average Bonchev–Trinajstić information content (AvgIpc) is 2.93. The summed E-state index contributed by atoms with van der Waals surface area (Å²) in [6, 6.07) is 13.3. The van der Waals surface area contributed by atoms with Crippen molar-refractivity contribution < 1.29 is 18.6 Å². The van der Waals surface area contributed by atoms with E-state index >= 15 is 0 Å². The molecule has 0 saturated carbocycles. The largest absolute Gasteiger partial charge is 0.883 e. The molecule has 1 aliphatic rings. The van der Waals surface area contributed by atoms with Gasteiger partial charge in [0, 0.05) is 15.4 Å². The second-order valence-corrected chi connectivity index (χ2v) is 9.56. The van der Waals surface area contributed by atoms with E-state index < -0.39 is 16.0 Å². The number of nitrogens with zero attached hydrogens (tertiary/aromatic N) is 1. The van der Waals surface area contributed by atoms with Gasteiger partial charge in [0.25, 0.3) is 10.0 Å². The van der Waals surface area contributed by atoms with E-state index in [4.69, 9.17) is 0 Å². The molecule has 0 fully saturated rings. The Hall–Kier alpha value is -2.25. The fourth-order valence-corrected chi connectivity index (χ4v) is 4.61. The van der Waals surface area contributed by atoms with Crippen LogP contribution in [0.4, 0.5) is 0 Å². The van der Waals surface area contributed by atoms with E-state index in [0.717, 1.165) is 17.3 Å². The van der Waals surface area contributed by atoms with E-state index in [-0.39, 0.29) is 20.9 Å². The molecule has 26 heavy (non-hydrogen) atoms. The van der Waals surface area contributed by atoms with Gasteiger partial charge in [0.05, 0.1) is 10.6 Å². The summed E-state index contributed by atoms with van der Waals surface area (Å²) in [6.45, 7) is 6.10. The summed E-state index contributed by atoms with van der Waals surface area (Å²) in [5, 5.41) is 22.8. The average molecular weight is 387 g/mol. The van der Waals surface area contributed by atoms with Crippen molar-refractivity contribution in [3.8, 4) is 0 Å². The van der Waals surface area contributed by atoms with Crippen LogP contribution < -0.4 is 10.2 Å². The summed E-state index contributed by atoms with van der Waals surface area (Å²) in [4.78, 5) is 0.467. The number of benzene rings is 2. The number of hydrogen-bond acceptors (Lipinski definition) is 5. The predicted octanol–water partition coefficient (Wildman–Crippen LogP) is 2.16. The van der Waals surface area contributed by atoms with Gasteiger partial charge in [-0.3, -0.25) is 0 Å². The van der Waals surface area contributed by atoms with Gasteiger partial charge in [0.1, 0.15) is 0 Å². The van der Waals surface area contributed by atoms with E-state index in [1.165, 1.54) is 12.1 Å². The topological polar surface area (TPSA) is 92.6 Å². The number of sulfonamides is 1.